The van der Waals surface area contributed by atoms with Crippen LogP contribution >= 0.6 is 0 Å². The second kappa shape index (κ2) is 6.65. The van der Waals surface area contributed by atoms with Gasteiger partial charge in [0.15, 0.2) is 0 Å². The summed E-state index contributed by atoms with van der Waals surface area (Å²) in [5, 5.41) is 13.1. The van der Waals surface area contributed by atoms with Crippen LogP contribution in [0.3, 0.4) is 0 Å². The van der Waals surface area contributed by atoms with Crippen LogP contribution in [0.1, 0.15) is 25.8 Å². The minimum absolute atomic E-state index is 0.0664. The Kier molecular flexibility index (Phi) is 4.82. The minimum Gasteiger partial charge on any atom is -0.459 e. The number of nitro groups is 1. The Morgan fingerprint density at radius 1 is 1.33 bits per heavy atom. The van der Waals surface area contributed by atoms with Gasteiger partial charge in [0.05, 0.1) is 4.92 Å². The summed E-state index contributed by atoms with van der Waals surface area (Å²) in [6, 6.07) is 4.90. The van der Waals surface area contributed by atoms with E-state index in [1.807, 2.05) is 0 Å². The number of rotatable bonds is 6. The van der Waals surface area contributed by atoms with Crippen LogP contribution in [0.15, 0.2) is 24.3 Å². The molecule has 1 fully saturated rings. The third-order valence-corrected chi connectivity index (χ3v) is 3.89. The maximum Gasteiger partial charge on any atom is 0.326 e. The van der Waals surface area contributed by atoms with Gasteiger partial charge in [0.2, 0.25) is 0 Å². The molecule has 1 atom stereocenters. The first kappa shape index (κ1) is 17.4. The summed E-state index contributed by atoms with van der Waals surface area (Å²) in [7, 11) is 0. The number of ether oxygens (including phenoxy) is 1. The number of nitro benzene ring substituents is 1. The fraction of sp³-hybridized carbons (Fsp3) is 0.400. The van der Waals surface area contributed by atoms with Crippen LogP contribution in [0.5, 0.6) is 0 Å². The van der Waals surface area contributed by atoms with Crippen LogP contribution in [0.25, 0.3) is 0 Å². The molecule has 9 nitrogen and oxygen atoms in total. The number of hydrogen-bond acceptors (Lipinski definition) is 6. The van der Waals surface area contributed by atoms with Crippen LogP contribution in [-0.4, -0.2) is 39.8 Å². The van der Waals surface area contributed by atoms with Gasteiger partial charge in [-0.25, -0.2) is 4.79 Å². The molecule has 2 rings (SSSR count). The molecule has 3 amide bonds. The van der Waals surface area contributed by atoms with Gasteiger partial charge >= 0.3 is 12.0 Å². The first-order valence-corrected chi connectivity index (χ1v) is 7.30. The fourth-order valence-corrected chi connectivity index (χ4v) is 2.18. The van der Waals surface area contributed by atoms with Gasteiger partial charge in [-0.3, -0.25) is 24.6 Å². The van der Waals surface area contributed by atoms with Crippen LogP contribution in [-0.2, 0) is 20.9 Å². The van der Waals surface area contributed by atoms with Crippen molar-refractivity contribution < 1.29 is 24.0 Å². The second-order valence-corrected chi connectivity index (χ2v) is 5.59. The molecule has 24 heavy (non-hydrogen) atoms. The minimum atomic E-state index is -1.00. The van der Waals surface area contributed by atoms with E-state index in [9.17, 15) is 24.5 Å². The van der Waals surface area contributed by atoms with Crippen LogP contribution < -0.4 is 5.32 Å². The highest BCUT2D eigenvalue weighted by molar-refractivity contribution is 6.08. The van der Waals surface area contributed by atoms with E-state index in [1.165, 1.54) is 24.3 Å². The second-order valence-electron chi connectivity index (χ2n) is 5.59. The lowest BCUT2D eigenvalue weighted by atomic mass is 9.99. The Labute approximate surface area is 137 Å². The average Bonchev–Trinajstić information content (AvgIpc) is 2.77. The average molecular weight is 335 g/mol. The van der Waals surface area contributed by atoms with Crippen molar-refractivity contribution >= 4 is 23.6 Å². The summed E-state index contributed by atoms with van der Waals surface area (Å²) in [6.07, 6.45) is 0.409. The van der Waals surface area contributed by atoms with Crippen LogP contribution in [0.2, 0.25) is 0 Å². The molecule has 0 aliphatic carbocycles. The van der Waals surface area contributed by atoms with Crippen molar-refractivity contribution in [3.05, 3.63) is 39.9 Å². The Bertz CT molecular complexity index is 687. The van der Waals surface area contributed by atoms with E-state index in [1.54, 1.807) is 13.8 Å². The summed E-state index contributed by atoms with van der Waals surface area (Å²) < 4.78 is 5.01. The van der Waals surface area contributed by atoms with E-state index < -0.39 is 34.9 Å². The van der Waals surface area contributed by atoms with Crippen molar-refractivity contribution in [2.75, 3.05) is 6.54 Å². The molecule has 0 bridgehead atoms. The molecule has 1 heterocycles. The smallest absolute Gasteiger partial charge is 0.326 e. The van der Waals surface area contributed by atoms with Gasteiger partial charge in [-0.2, -0.15) is 0 Å². The van der Waals surface area contributed by atoms with Gasteiger partial charge in [0, 0.05) is 12.1 Å². The highest BCUT2D eigenvalue weighted by Crippen LogP contribution is 2.20. The topological polar surface area (TPSA) is 119 Å². The Morgan fingerprint density at radius 3 is 2.46 bits per heavy atom. The SMILES string of the molecule is CC[C@@]1(C)NC(=O)N(CC(=O)OCc2ccc([N+](=O)[O-])cc2)C1=O. The number of imide groups is 1. The fourth-order valence-electron chi connectivity index (χ4n) is 2.18. The molecular formula is C15H17N3O6. The summed E-state index contributed by atoms with van der Waals surface area (Å²) >= 11 is 0. The van der Waals surface area contributed by atoms with Gasteiger partial charge < -0.3 is 10.1 Å². The monoisotopic (exact) mass is 335 g/mol. The highest BCUT2D eigenvalue weighted by Gasteiger charge is 2.47. The van der Waals surface area contributed by atoms with E-state index in [-0.39, 0.29) is 12.3 Å². The van der Waals surface area contributed by atoms with Gasteiger partial charge in [-0.1, -0.05) is 6.92 Å². The van der Waals surface area contributed by atoms with Crippen molar-refractivity contribution in [1.29, 1.82) is 0 Å². The Hall–Kier alpha value is -2.97. The molecule has 1 aromatic rings. The first-order chi connectivity index (χ1) is 11.3. The summed E-state index contributed by atoms with van der Waals surface area (Å²) in [5.74, 6) is -1.21. The van der Waals surface area contributed by atoms with Gasteiger partial charge in [0.1, 0.15) is 18.7 Å². The van der Waals surface area contributed by atoms with Crippen molar-refractivity contribution in [2.45, 2.75) is 32.4 Å². The van der Waals surface area contributed by atoms with E-state index in [4.69, 9.17) is 4.74 Å². The largest absolute Gasteiger partial charge is 0.459 e. The molecule has 0 spiro atoms. The lowest BCUT2D eigenvalue weighted by Crippen LogP contribution is -2.43. The predicted octanol–water partition coefficient (Wildman–Crippen LogP) is 1.36. The maximum absolute atomic E-state index is 12.2. The van der Waals surface area contributed by atoms with Crippen molar-refractivity contribution in [1.82, 2.24) is 10.2 Å². The zero-order chi connectivity index (χ0) is 17.9. The Balaban J connectivity index is 1.91. The quantitative estimate of drug-likeness (QED) is 0.363. The first-order valence-electron chi connectivity index (χ1n) is 7.30. The van der Waals surface area contributed by atoms with Crippen molar-refractivity contribution in [2.24, 2.45) is 0 Å². The van der Waals surface area contributed by atoms with Gasteiger partial charge in [-0.15, -0.1) is 0 Å². The third-order valence-electron chi connectivity index (χ3n) is 3.89. The molecule has 0 saturated carbocycles. The zero-order valence-corrected chi connectivity index (χ0v) is 13.3. The molecule has 0 aromatic heterocycles. The summed E-state index contributed by atoms with van der Waals surface area (Å²) in [4.78, 5) is 46.6. The van der Waals surface area contributed by atoms with E-state index in [2.05, 4.69) is 5.32 Å². The highest BCUT2D eigenvalue weighted by atomic mass is 16.6. The number of esters is 1. The molecule has 128 valence electrons. The van der Waals surface area contributed by atoms with E-state index in [0.29, 0.717) is 12.0 Å². The number of amides is 3. The molecule has 9 heteroatoms. The number of carbonyl (C=O) groups is 3. The predicted molar refractivity (Wildman–Crippen MR) is 81.8 cm³/mol. The standard InChI is InChI=1S/C15H17N3O6/c1-3-15(2)13(20)17(14(21)16-15)8-12(19)24-9-10-4-6-11(7-5-10)18(22)23/h4-7H,3,8-9H2,1-2H3,(H,16,21)/t15-/m1/s1. The van der Waals surface area contributed by atoms with E-state index in [0.717, 1.165) is 4.90 Å². The number of carbonyl (C=O) groups excluding carboxylic acids is 3. The van der Waals surface area contributed by atoms with Gasteiger partial charge in [-0.05, 0) is 31.0 Å². The molecular weight excluding hydrogens is 318 g/mol. The lowest BCUT2D eigenvalue weighted by Gasteiger charge is -2.18. The number of urea groups is 1. The zero-order valence-electron chi connectivity index (χ0n) is 13.3. The number of hydrogen-bond donors (Lipinski definition) is 1. The van der Waals surface area contributed by atoms with Gasteiger partial charge in [0.25, 0.3) is 11.6 Å². The van der Waals surface area contributed by atoms with Crippen LogP contribution in [0.4, 0.5) is 10.5 Å². The van der Waals surface area contributed by atoms with Crippen molar-refractivity contribution in [3.63, 3.8) is 0 Å². The number of nitrogens with zero attached hydrogens (tertiary/aromatic N) is 2. The summed E-state index contributed by atoms with van der Waals surface area (Å²) in [6.45, 7) is 2.77. The van der Waals surface area contributed by atoms with Crippen molar-refractivity contribution in [3.8, 4) is 0 Å². The molecule has 1 aromatic carbocycles. The normalized spacial score (nSPS) is 20.0. The molecule has 1 saturated heterocycles. The molecule has 1 aliphatic heterocycles. The number of non-ortho nitro benzene ring substituents is 1. The lowest BCUT2D eigenvalue weighted by molar-refractivity contribution is -0.384. The van der Waals surface area contributed by atoms with Crippen LogP contribution in [0, 0.1) is 10.1 Å². The maximum atomic E-state index is 12.2. The molecule has 0 unspecified atom stereocenters. The molecule has 1 N–H and O–H groups in total. The third kappa shape index (κ3) is 3.50. The molecule has 0 radical (unpaired) electrons. The Morgan fingerprint density at radius 2 is 1.96 bits per heavy atom. The molecule has 1 aliphatic rings. The number of benzene rings is 1. The van der Waals surface area contributed by atoms with E-state index >= 15 is 0 Å². The number of nitrogens with one attached hydrogen (secondary N) is 1. The summed E-state index contributed by atoms with van der Waals surface area (Å²) in [5.41, 5.74) is -0.511.